The van der Waals surface area contributed by atoms with Crippen LogP contribution in [-0.4, -0.2) is 33.0 Å². The molecule has 1 atom stereocenters. The highest BCUT2D eigenvalue weighted by Crippen LogP contribution is 2.38. The summed E-state index contributed by atoms with van der Waals surface area (Å²) in [7, 11) is -1.94. The van der Waals surface area contributed by atoms with Gasteiger partial charge >= 0.3 is 11.9 Å². The van der Waals surface area contributed by atoms with Crippen LogP contribution in [0.15, 0.2) is 11.8 Å². The van der Waals surface area contributed by atoms with Crippen LogP contribution in [0, 0.1) is 5.41 Å². The molecule has 0 fully saturated rings. The summed E-state index contributed by atoms with van der Waals surface area (Å²) in [6.07, 6.45) is 2.86. The smallest absolute Gasteiger partial charge is 0.311 e. The Morgan fingerprint density at radius 3 is 2.36 bits per heavy atom. The lowest BCUT2D eigenvalue weighted by molar-refractivity contribution is -0.164. The summed E-state index contributed by atoms with van der Waals surface area (Å²) in [5.41, 5.74) is -0.567. The van der Waals surface area contributed by atoms with Crippen molar-refractivity contribution in [1.82, 2.24) is 0 Å². The highest BCUT2D eigenvalue weighted by Gasteiger charge is 2.39. The number of hydrogen-bond donors (Lipinski definition) is 0. The molecule has 0 N–H and O–H groups in total. The molecule has 1 rings (SSSR count). The largest absolute Gasteiger partial charge is 0.547 e. The minimum atomic E-state index is -1.94. The van der Waals surface area contributed by atoms with Crippen LogP contribution in [0.1, 0.15) is 60.8 Å². The summed E-state index contributed by atoms with van der Waals surface area (Å²) in [6, 6.07) is 0. The van der Waals surface area contributed by atoms with Gasteiger partial charge in [0.2, 0.25) is 8.32 Å². The maximum Gasteiger partial charge on any atom is 0.311 e. The van der Waals surface area contributed by atoms with E-state index in [0.717, 1.165) is 5.76 Å². The van der Waals surface area contributed by atoms with Crippen LogP contribution in [0.5, 0.6) is 0 Å². The Hall–Kier alpha value is -1.30. The normalized spacial score (nSPS) is 22.2. The molecule has 0 saturated heterocycles. The van der Waals surface area contributed by atoms with E-state index in [2.05, 4.69) is 33.9 Å². The Balaban J connectivity index is 2.71. The van der Waals surface area contributed by atoms with Crippen molar-refractivity contribution >= 4 is 20.3 Å². The van der Waals surface area contributed by atoms with Crippen LogP contribution in [-0.2, 0) is 23.5 Å². The van der Waals surface area contributed by atoms with E-state index in [-0.39, 0.29) is 30.0 Å². The van der Waals surface area contributed by atoms with Crippen LogP contribution < -0.4 is 0 Å². The molecule has 5 nitrogen and oxygen atoms in total. The Bertz CT molecular complexity index is 523. The van der Waals surface area contributed by atoms with E-state index in [1.165, 1.54) is 0 Å². The molecule has 144 valence electrons. The van der Waals surface area contributed by atoms with Gasteiger partial charge in [0.25, 0.3) is 0 Å². The van der Waals surface area contributed by atoms with E-state index in [4.69, 9.17) is 13.9 Å². The Morgan fingerprint density at radius 1 is 1.24 bits per heavy atom. The quantitative estimate of drug-likeness (QED) is 0.535. The molecule has 0 saturated carbocycles. The zero-order valence-corrected chi connectivity index (χ0v) is 18.0. The summed E-state index contributed by atoms with van der Waals surface area (Å²) in [6.45, 7) is 16.4. The van der Waals surface area contributed by atoms with Crippen LogP contribution in [0.2, 0.25) is 18.1 Å². The Morgan fingerprint density at radius 2 is 1.84 bits per heavy atom. The number of cyclic esters (lactones) is 1. The molecule has 0 bridgehead atoms. The van der Waals surface area contributed by atoms with Gasteiger partial charge in [-0.05, 0) is 51.4 Å². The SMILES string of the molecule is CC(C)(C)C(=O)OC[C@H]1CC/C(O[Si](C)(C)C(C)(C)C)=C\CC(=O)O1. The van der Waals surface area contributed by atoms with Gasteiger partial charge < -0.3 is 13.9 Å². The molecule has 0 spiro atoms. The summed E-state index contributed by atoms with van der Waals surface area (Å²) in [5, 5.41) is 0.0956. The number of ether oxygens (including phenoxy) is 2. The van der Waals surface area contributed by atoms with Crippen molar-refractivity contribution in [3.8, 4) is 0 Å². The van der Waals surface area contributed by atoms with E-state index >= 15 is 0 Å². The molecule has 0 unspecified atom stereocenters. The third-order valence-corrected chi connectivity index (χ3v) is 9.10. The molecule has 0 aromatic carbocycles. The monoisotopic (exact) mass is 370 g/mol. The van der Waals surface area contributed by atoms with Crippen molar-refractivity contribution in [2.45, 2.75) is 85.0 Å². The van der Waals surface area contributed by atoms with Gasteiger partial charge in [-0.2, -0.15) is 0 Å². The maximum absolute atomic E-state index is 11.9. The molecule has 0 radical (unpaired) electrons. The average molecular weight is 371 g/mol. The van der Waals surface area contributed by atoms with Gasteiger partial charge in [0, 0.05) is 6.42 Å². The second-order valence-corrected chi connectivity index (χ2v) is 14.0. The van der Waals surface area contributed by atoms with Crippen molar-refractivity contribution in [3.63, 3.8) is 0 Å². The van der Waals surface area contributed by atoms with Gasteiger partial charge in [-0.25, -0.2) is 0 Å². The van der Waals surface area contributed by atoms with Gasteiger partial charge in [-0.15, -0.1) is 0 Å². The molecule has 0 aromatic rings. The van der Waals surface area contributed by atoms with Crippen molar-refractivity contribution in [2.75, 3.05) is 6.61 Å². The molecule has 0 amide bonds. The second-order valence-electron chi connectivity index (χ2n) is 9.24. The minimum absolute atomic E-state index is 0.0925. The van der Waals surface area contributed by atoms with E-state index in [0.29, 0.717) is 12.8 Å². The van der Waals surface area contributed by atoms with E-state index < -0.39 is 19.8 Å². The van der Waals surface area contributed by atoms with Crippen LogP contribution in [0.25, 0.3) is 0 Å². The highest BCUT2D eigenvalue weighted by molar-refractivity contribution is 6.74. The zero-order valence-electron chi connectivity index (χ0n) is 17.0. The highest BCUT2D eigenvalue weighted by atomic mass is 28.4. The molecule has 0 aromatic heterocycles. The number of hydrogen-bond acceptors (Lipinski definition) is 5. The fourth-order valence-electron chi connectivity index (χ4n) is 1.97. The molecular formula is C19H34O5Si. The maximum atomic E-state index is 11.9. The third-order valence-electron chi connectivity index (χ3n) is 4.71. The summed E-state index contributed by atoms with van der Waals surface area (Å²) in [4.78, 5) is 23.9. The first-order valence-corrected chi connectivity index (χ1v) is 11.9. The number of rotatable bonds is 4. The van der Waals surface area contributed by atoms with E-state index in [1.807, 2.05) is 6.08 Å². The number of allylic oxidation sites excluding steroid dienone is 1. The van der Waals surface area contributed by atoms with Gasteiger partial charge in [0.1, 0.15) is 12.7 Å². The lowest BCUT2D eigenvalue weighted by Crippen LogP contribution is -2.40. The third kappa shape index (κ3) is 6.84. The van der Waals surface area contributed by atoms with Crippen LogP contribution in [0.3, 0.4) is 0 Å². The molecule has 1 heterocycles. The average Bonchev–Trinajstić information content (AvgIpc) is 2.42. The standard InChI is InChI=1S/C19H34O5Si/c1-18(2,3)17(21)22-13-15-10-9-14(11-12-16(20)23-15)24-25(7,8)19(4,5)6/h11,15H,9-10,12-13H2,1-8H3/b14-11+/t15-/m1/s1. The predicted octanol–water partition coefficient (Wildman–Crippen LogP) is 4.58. The Kier molecular flexibility index (Phi) is 6.90. The number of esters is 2. The lowest BCUT2D eigenvalue weighted by Gasteiger charge is -2.38. The summed E-state index contributed by atoms with van der Waals surface area (Å²) >= 11 is 0. The summed E-state index contributed by atoms with van der Waals surface area (Å²) < 4.78 is 17.0. The van der Waals surface area contributed by atoms with Gasteiger partial charge in [-0.1, -0.05) is 20.8 Å². The van der Waals surface area contributed by atoms with Gasteiger partial charge in [-0.3, -0.25) is 9.59 Å². The van der Waals surface area contributed by atoms with E-state index in [9.17, 15) is 9.59 Å². The van der Waals surface area contributed by atoms with Gasteiger partial charge in [0.05, 0.1) is 17.6 Å². The van der Waals surface area contributed by atoms with E-state index in [1.54, 1.807) is 20.8 Å². The molecule has 1 aliphatic rings. The molecule has 0 aliphatic carbocycles. The van der Waals surface area contributed by atoms with Gasteiger partial charge in [0.15, 0.2) is 0 Å². The number of carbonyl (C=O) groups is 2. The number of carbonyl (C=O) groups excluding carboxylic acids is 2. The predicted molar refractivity (Wildman–Crippen MR) is 101 cm³/mol. The summed E-state index contributed by atoms with van der Waals surface area (Å²) in [5.74, 6) is 0.252. The van der Waals surface area contributed by atoms with Crippen LogP contribution in [0.4, 0.5) is 0 Å². The fraction of sp³-hybridized carbons (Fsp3) is 0.789. The van der Waals surface area contributed by atoms with Crippen molar-refractivity contribution in [1.29, 1.82) is 0 Å². The topological polar surface area (TPSA) is 61.8 Å². The minimum Gasteiger partial charge on any atom is -0.547 e. The van der Waals surface area contributed by atoms with Crippen molar-refractivity contribution in [2.24, 2.45) is 5.41 Å². The van der Waals surface area contributed by atoms with Crippen molar-refractivity contribution < 1.29 is 23.5 Å². The molecule has 1 aliphatic heterocycles. The first kappa shape index (κ1) is 21.7. The molecular weight excluding hydrogens is 336 g/mol. The molecule has 6 heteroatoms. The van der Waals surface area contributed by atoms with Crippen LogP contribution >= 0.6 is 0 Å². The fourth-order valence-corrected chi connectivity index (χ4v) is 3.12. The lowest BCUT2D eigenvalue weighted by atomic mass is 9.97. The van der Waals surface area contributed by atoms with Crippen molar-refractivity contribution in [3.05, 3.63) is 11.8 Å². The first-order valence-electron chi connectivity index (χ1n) is 8.97. The second kappa shape index (κ2) is 7.93. The first-order chi connectivity index (χ1) is 11.2. The Labute approximate surface area is 153 Å². The molecule has 25 heavy (non-hydrogen) atoms. The zero-order chi connectivity index (χ0) is 19.5.